The number of hydroxylamine groups is 1. The van der Waals surface area contributed by atoms with Gasteiger partial charge in [0, 0.05) is 6.42 Å². The highest BCUT2D eigenvalue weighted by Crippen LogP contribution is 2.14. The quantitative estimate of drug-likeness (QED) is 0.0836. The fraction of sp³-hybridized carbons (Fsp3) is 0.947. The monoisotopic (exact) mass is 439 g/mol. The molecule has 0 aromatic rings. The van der Waals surface area contributed by atoms with Gasteiger partial charge in [-0.3, -0.25) is 10.0 Å². The molecule has 0 aromatic heterocycles. The minimum Gasteiger partial charge on any atom is -0.289 e. The third-order valence-electron chi connectivity index (χ3n) is 4.41. The number of alkyl halides is 1. The van der Waals surface area contributed by atoms with Gasteiger partial charge in [0.1, 0.15) is 0 Å². The fourth-order valence-corrected chi connectivity index (χ4v) is 3.45. The lowest BCUT2D eigenvalue weighted by Gasteiger charge is -2.03. The number of halogens is 1. The summed E-state index contributed by atoms with van der Waals surface area (Å²) in [6.45, 7) is 0. The van der Waals surface area contributed by atoms with Crippen molar-refractivity contribution in [3.63, 3.8) is 0 Å². The SMILES string of the molecule is O=C(CCCCCCCCCCCCCCCCCCI)NO. The number of rotatable bonds is 18. The van der Waals surface area contributed by atoms with Crippen molar-refractivity contribution in [3.8, 4) is 0 Å². The van der Waals surface area contributed by atoms with E-state index in [9.17, 15) is 4.79 Å². The average Bonchev–Trinajstić information content (AvgIpc) is 2.57. The van der Waals surface area contributed by atoms with Crippen LogP contribution in [0, 0.1) is 0 Å². The summed E-state index contributed by atoms with van der Waals surface area (Å²) < 4.78 is 1.32. The van der Waals surface area contributed by atoms with Crippen LogP contribution < -0.4 is 5.48 Å². The first-order chi connectivity index (χ1) is 11.3. The van der Waals surface area contributed by atoms with Crippen molar-refractivity contribution < 1.29 is 10.0 Å². The molecule has 0 aliphatic rings. The maximum atomic E-state index is 10.8. The molecule has 0 saturated carbocycles. The Morgan fingerprint density at radius 3 is 1.22 bits per heavy atom. The van der Waals surface area contributed by atoms with Gasteiger partial charge in [0.15, 0.2) is 0 Å². The van der Waals surface area contributed by atoms with E-state index in [1.165, 1.54) is 94.3 Å². The molecule has 0 aromatic carbocycles. The predicted octanol–water partition coefficient (Wildman–Crippen LogP) is 6.56. The molecule has 2 N–H and O–H groups in total. The highest BCUT2D eigenvalue weighted by molar-refractivity contribution is 14.1. The third-order valence-corrected chi connectivity index (χ3v) is 5.17. The summed E-state index contributed by atoms with van der Waals surface area (Å²) >= 11 is 2.47. The van der Waals surface area contributed by atoms with E-state index < -0.39 is 0 Å². The molecule has 23 heavy (non-hydrogen) atoms. The largest absolute Gasteiger partial charge is 0.289 e. The average molecular weight is 439 g/mol. The second-order valence-corrected chi connectivity index (χ2v) is 7.71. The van der Waals surface area contributed by atoms with E-state index in [-0.39, 0.29) is 5.91 Å². The van der Waals surface area contributed by atoms with Crippen molar-refractivity contribution in [2.24, 2.45) is 0 Å². The highest BCUT2D eigenvalue weighted by atomic mass is 127. The summed E-state index contributed by atoms with van der Waals surface area (Å²) in [5.41, 5.74) is 1.68. The summed E-state index contributed by atoms with van der Waals surface area (Å²) in [7, 11) is 0. The van der Waals surface area contributed by atoms with Crippen molar-refractivity contribution in [2.75, 3.05) is 4.43 Å². The first kappa shape index (κ1) is 23.2. The van der Waals surface area contributed by atoms with E-state index in [2.05, 4.69) is 22.6 Å². The fourth-order valence-electron chi connectivity index (χ4n) is 2.91. The Bertz CT molecular complexity index is 250. The smallest absolute Gasteiger partial charge is 0.243 e. The number of nitrogens with one attached hydrogen (secondary N) is 1. The Hall–Kier alpha value is 0.160. The molecule has 0 aliphatic carbocycles. The molecule has 0 saturated heterocycles. The lowest BCUT2D eigenvalue weighted by Crippen LogP contribution is -2.17. The minimum absolute atomic E-state index is 0.259. The summed E-state index contributed by atoms with van der Waals surface area (Å²) in [6, 6.07) is 0. The van der Waals surface area contributed by atoms with E-state index in [4.69, 9.17) is 5.21 Å². The van der Waals surface area contributed by atoms with Gasteiger partial charge in [-0.2, -0.15) is 0 Å². The number of amides is 1. The van der Waals surface area contributed by atoms with Gasteiger partial charge in [-0.25, -0.2) is 5.48 Å². The Labute approximate surface area is 157 Å². The van der Waals surface area contributed by atoms with Gasteiger partial charge in [-0.15, -0.1) is 0 Å². The van der Waals surface area contributed by atoms with Crippen LogP contribution in [0.25, 0.3) is 0 Å². The van der Waals surface area contributed by atoms with Crippen LogP contribution in [-0.4, -0.2) is 15.5 Å². The lowest BCUT2D eigenvalue weighted by atomic mass is 10.0. The summed E-state index contributed by atoms with van der Waals surface area (Å²) in [5.74, 6) is -0.259. The van der Waals surface area contributed by atoms with Crippen molar-refractivity contribution in [1.29, 1.82) is 0 Å². The molecular weight excluding hydrogens is 401 g/mol. The van der Waals surface area contributed by atoms with Gasteiger partial charge in [-0.1, -0.05) is 112 Å². The summed E-state index contributed by atoms with van der Waals surface area (Å²) in [6.07, 6.45) is 21.9. The standard InChI is InChI=1S/C19H38INO2/c20-18-16-14-12-10-8-6-4-2-1-3-5-7-9-11-13-15-17-19(22)21-23/h23H,1-18H2,(H,21,22). The molecule has 138 valence electrons. The van der Waals surface area contributed by atoms with Crippen LogP contribution >= 0.6 is 22.6 Å². The van der Waals surface area contributed by atoms with Crippen LogP contribution in [0.1, 0.15) is 109 Å². The van der Waals surface area contributed by atoms with Gasteiger partial charge in [0.25, 0.3) is 0 Å². The van der Waals surface area contributed by atoms with Crippen molar-refractivity contribution in [1.82, 2.24) is 5.48 Å². The Kier molecular flexibility index (Phi) is 20.3. The van der Waals surface area contributed by atoms with E-state index in [1.54, 1.807) is 5.48 Å². The van der Waals surface area contributed by atoms with Crippen LogP contribution in [0.15, 0.2) is 0 Å². The minimum atomic E-state index is -0.259. The molecule has 1 amide bonds. The van der Waals surface area contributed by atoms with E-state index in [0.29, 0.717) is 6.42 Å². The maximum absolute atomic E-state index is 10.8. The van der Waals surface area contributed by atoms with Gasteiger partial charge < -0.3 is 0 Å². The molecular formula is C19H38INO2. The zero-order valence-electron chi connectivity index (χ0n) is 15.0. The molecule has 0 fully saturated rings. The van der Waals surface area contributed by atoms with E-state index >= 15 is 0 Å². The van der Waals surface area contributed by atoms with Crippen molar-refractivity contribution in [3.05, 3.63) is 0 Å². The number of carbonyl (C=O) groups is 1. The first-order valence-corrected chi connectivity index (χ1v) is 11.3. The molecule has 4 heteroatoms. The zero-order valence-corrected chi connectivity index (χ0v) is 17.1. The molecule has 0 spiro atoms. The first-order valence-electron chi connectivity index (χ1n) is 9.80. The third kappa shape index (κ3) is 20.1. The van der Waals surface area contributed by atoms with Crippen LogP contribution in [0.2, 0.25) is 0 Å². The molecule has 0 aliphatic heterocycles. The van der Waals surface area contributed by atoms with Gasteiger partial charge in [-0.05, 0) is 17.3 Å². The molecule has 0 unspecified atom stereocenters. The predicted molar refractivity (Wildman–Crippen MR) is 107 cm³/mol. The topological polar surface area (TPSA) is 49.3 Å². The molecule has 0 rings (SSSR count). The summed E-state index contributed by atoms with van der Waals surface area (Å²) in [5, 5.41) is 8.37. The molecule has 0 bridgehead atoms. The maximum Gasteiger partial charge on any atom is 0.243 e. The van der Waals surface area contributed by atoms with Gasteiger partial charge in [0.2, 0.25) is 5.91 Å². The highest BCUT2D eigenvalue weighted by Gasteiger charge is 1.98. The molecule has 0 atom stereocenters. The number of carbonyl (C=O) groups excluding carboxylic acids is 1. The second-order valence-electron chi connectivity index (χ2n) is 6.63. The Morgan fingerprint density at radius 1 is 0.609 bits per heavy atom. The Balaban J connectivity index is 2.99. The second kappa shape index (κ2) is 20.2. The van der Waals surface area contributed by atoms with Gasteiger partial charge >= 0.3 is 0 Å². The number of unbranched alkanes of at least 4 members (excludes halogenated alkanes) is 15. The van der Waals surface area contributed by atoms with Crippen molar-refractivity contribution in [2.45, 2.75) is 109 Å². The van der Waals surface area contributed by atoms with E-state index in [0.717, 1.165) is 12.8 Å². The molecule has 0 radical (unpaired) electrons. The van der Waals surface area contributed by atoms with Crippen LogP contribution in [0.3, 0.4) is 0 Å². The molecule has 0 heterocycles. The normalized spacial score (nSPS) is 10.9. The number of hydrogen-bond acceptors (Lipinski definition) is 2. The molecule has 3 nitrogen and oxygen atoms in total. The van der Waals surface area contributed by atoms with Crippen LogP contribution in [-0.2, 0) is 4.79 Å². The summed E-state index contributed by atoms with van der Waals surface area (Å²) in [4.78, 5) is 10.8. The van der Waals surface area contributed by atoms with Crippen LogP contribution in [0.5, 0.6) is 0 Å². The van der Waals surface area contributed by atoms with Crippen LogP contribution in [0.4, 0.5) is 0 Å². The number of hydrogen-bond donors (Lipinski definition) is 2. The zero-order chi connectivity index (χ0) is 17.0. The Morgan fingerprint density at radius 2 is 0.913 bits per heavy atom. The lowest BCUT2D eigenvalue weighted by molar-refractivity contribution is -0.129. The van der Waals surface area contributed by atoms with Crippen molar-refractivity contribution >= 4 is 28.5 Å². The van der Waals surface area contributed by atoms with Gasteiger partial charge in [0.05, 0.1) is 0 Å². The van der Waals surface area contributed by atoms with E-state index in [1.807, 2.05) is 0 Å².